The normalized spacial score (nSPS) is 12.1. The molecule has 4 heteroatoms. The molecule has 10 aromatic carbocycles. The van der Waals surface area contributed by atoms with Crippen LogP contribution in [0.4, 0.5) is 0 Å². The molecular weight excluding hydrogens is 705 g/mol. The van der Waals surface area contributed by atoms with Gasteiger partial charge in [0.1, 0.15) is 0 Å². The van der Waals surface area contributed by atoms with E-state index in [1.54, 1.807) is 0 Å². The molecule has 3 heterocycles. The average Bonchev–Trinajstić information content (AvgIpc) is 3.83. The molecule has 0 spiro atoms. The third kappa shape index (κ3) is 4.18. The second kappa shape index (κ2) is 11.8. The van der Waals surface area contributed by atoms with Gasteiger partial charge >= 0.3 is 0 Å². The molecule has 4 nitrogen and oxygen atoms in total. The number of hydrogen-bond donors (Lipinski definition) is 0. The highest BCUT2D eigenvalue weighted by Crippen LogP contribution is 2.51. The summed E-state index contributed by atoms with van der Waals surface area (Å²) < 4.78 is 4.84. The van der Waals surface area contributed by atoms with Crippen LogP contribution < -0.4 is 0 Å². The first-order valence-corrected chi connectivity index (χ1v) is 19.9. The highest BCUT2D eigenvalue weighted by Gasteiger charge is 2.28. The minimum atomic E-state index is 0.643. The molecule has 0 unspecified atom stereocenters. The topological polar surface area (TPSA) is 35.6 Å². The van der Waals surface area contributed by atoms with E-state index in [9.17, 15) is 0 Å². The maximum Gasteiger partial charge on any atom is 0.235 e. The van der Waals surface area contributed by atoms with Crippen LogP contribution in [0.2, 0.25) is 0 Å². The van der Waals surface area contributed by atoms with Crippen LogP contribution in [0.3, 0.4) is 0 Å². The van der Waals surface area contributed by atoms with Crippen LogP contribution in [0.5, 0.6) is 0 Å². The van der Waals surface area contributed by atoms with E-state index >= 15 is 0 Å². The molecular formula is C54H32N4. The third-order valence-electron chi connectivity index (χ3n) is 12.2. The van der Waals surface area contributed by atoms with Crippen LogP contribution in [0.15, 0.2) is 194 Å². The Bertz CT molecular complexity index is 3840. The first-order valence-electron chi connectivity index (χ1n) is 19.9. The smallest absolute Gasteiger partial charge is 0.235 e. The zero-order chi connectivity index (χ0) is 37.9. The van der Waals surface area contributed by atoms with E-state index in [4.69, 9.17) is 9.97 Å². The summed E-state index contributed by atoms with van der Waals surface area (Å²) in [5.41, 5.74) is 8.44. The average molecular weight is 737 g/mol. The molecule has 0 aliphatic carbocycles. The molecule has 0 saturated carbocycles. The molecule has 13 rings (SSSR count). The fourth-order valence-electron chi connectivity index (χ4n) is 9.92. The summed E-state index contributed by atoms with van der Waals surface area (Å²) in [7, 11) is 0. The molecule has 0 aliphatic rings. The molecule has 0 saturated heterocycles. The monoisotopic (exact) mass is 736 g/mol. The van der Waals surface area contributed by atoms with Crippen molar-refractivity contribution in [3.8, 4) is 22.9 Å². The zero-order valence-electron chi connectivity index (χ0n) is 31.3. The number of nitrogens with zero attached hydrogens (tertiary/aromatic N) is 4. The lowest BCUT2D eigenvalue weighted by atomic mass is 9.89. The molecule has 0 radical (unpaired) electrons. The van der Waals surface area contributed by atoms with Gasteiger partial charge in [-0.25, -0.2) is 9.97 Å². The Hall–Kier alpha value is -7.82. The lowest BCUT2D eigenvalue weighted by molar-refractivity contribution is 1.01. The predicted octanol–water partition coefficient (Wildman–Crippen LogP) is 14.1. The Morgan fingerprint density at radius 3 is 1.43 bits per heavy atom. The number of benzene rings is 10. The van der Waals surface area contributed by atoms with Crippen molar-refractivity contribution in [2.75, 3.05) is 0 Å². The Balaban J connectivity index is 1.37. The van der Waals surface area contributed by atoms with Crippen molar-refractivity contribution in [1.29, 1.82) is 0 Å². The highest BCUT2D eigenvalue weighted by molar-refractivity contribution is 6.45. The summed E-state index contributed by atoms with van der Waals surface area (Å²) in [6.45, 7) is 0. The fraction of sp³-hybridized carbons (Fsp3) is 0. The van der Waals surface area contributed by atoms with Crippen LogP contribution in [0, 0.1) is 0 Å². The molecule has 3 aromatic heterocycles. The van der Waals surface area contributed by atoms with Crippen molar-refractivity contribution in [1.82, 2.24) is 19.1 Å². The van der Waals surface area contributed by atoms with Crippen molar-refractivity contribution < 1.29 is 0 Å². The largest absolute Gasteiger partial charge is 0.307 e. The van der Waals surface area contributed by atoms with Gasteiger partial charge in [-0.2, -0.15) is 0 Å². The molecule has 268 valence electrons. The fourth-order valence-corrected chi connectivity index (χ4v) is 9.92. The van der Waals surface area contributed by atoms with Gasteiger partial charge in [-0.15, -0.1) is 0 Å². The van der Waals surface area contributed by atoms with E-state index in [2.05, 4.69) is 203 Å². The number of para-hydroxylation sites is 3. The second-order valence-corrected chi connectivity index (χ2v) is 15.3. The van der Waals surface area contributed by atoms with Crippen molar-refractivity contribution >= 4 is 97.6 Å². The molecule has 0 amide bonds. The molecule has 0 aliphatic heterocycles. The van der Waals surface area contributed by atoms with Crippen molar-refractivity contribution in [2.24, 2.45) is 0 Å². The Labute approximate surface area is 332 Å². The van der Waals surface area contributed by atoms with E-state index < -0.39 is 0 Å². The van der Waals surface area contributed by atoms with E-state index in [1.807, 2.05) is 0 Å². The molecule has 0 N–H and O–H groups in total. The van der Waals surface area contributed by atoms with Gasteiger partial charge in [0.05, 0.1) is 33.3 Å². The van der Waals surface area contributed by atoms with Gasteiger partial charge in [-0.1, -0.05) is 164 Å². The minimum Gasteiger partial charge on any atom is -0.307 e. The van der Waals surface area contributed by atoms with Gasteiger partial charge in [0.25, 0.3) is 0 Å². The Morgan fingerprint density at radius 1 is 0.310 bits per heavy atom. The van der Waals surface area contributed by atoms with Crippen LogP contribution in [-0.2, 0) is 0 Å². The van der Waals surface area contributed by atoms with E-state index in [1.165, 1.54) is 48.5 Å². The van der Waals surface area contributed by atoms with Crippen LogP contribution in [0.1, 0.15) is 0 Å². The van der Waals surface area contributed by atoms with Gasteiger partial charge in [-0.05, 0) is 57.3 Å². The second-order valence-electron chi connectivity index (χ2n) is 15.3. The van der Waals surface area contributed by atoms with Gasteiger partial charge in [0.2, 0.25) is 5.95 Å². The SMILES string of the molecule is c1ccc(-c2nc(-n3c4ccccc4c4c5c6ccccc6c6ccccc6c5c5c6ccccc6n(-c6ccccc6)c5c43)nc3c2ccc2ccccc23)cc1. The molecule has 58 heavy (non-hydrogen) atoms. The zero-order valence-corrected chi connectivity index (χ0v) is 31.3. The van der Waals surface area contributed by atoms with E-state index in [0.717, 1.165) is 66.1 Å². The number of fused-ring (bicyclic) bond motifs is 18. The first kappa shape index (κ1) is 31.4. The van der Waals surface area contributed by atoms with Crippen molar-refractivity contribution in [3.05, 3.63) is 194 Å². The maximum atomic E-state index is 5.63. The van der Waals surface area contributed by atoms with Crippen LogP contribution in [0.25, 0.3) is 120 Å². The molecule has 0 bridgehead atoms. The third-order valence-corrected chi connectivity index (χ3v) is 12.2. The standard InChI is InChI=1S/C54H32N4/c1-3-18-34(19-4-1)50-43-32-31-33-17-7-8-22-36(33)51(43)56-54(55-50)58-45-30-16-14-28-42(45)49-47-40-26-12-10-24-38(40)37-23-9-11-25-39(37)46(47)48-41-27-13-15-29-44(41)57(52(48)53(49)58)35-20-5-2-6-21-35/h1-32H. The Kier molecular flexibility index (Phi) is 6.41. The molecule has 0 fully saturated rings. The quantitative estimate of drug-likeness (QED) is 0.169. The lowest BCUT2D eigenvalue weighted by Gasteiger charge is -2.17. The lowest BCUT2D eigenvalue weighted by Crippen LogP contribution is -2.05. The number of aromatic nitrogens is 4. The Morgan fingerprint density at radius 2 is 0.793 bits per heavy atom. The van der Waals surface area contributed by atoms with Gasteiger partial charge in [-0.3, -0.25) is 4.57 Å². The summed E-state index contributed by atoms with van der Waals surface area (Å²) in [6.07, 6.45) is 0. The molecule has 13 aromatic rings. The molecule has 0 atom stereocenters. The summed E-state index contributed by atoms with van der Waals surface area (Å²) in [4.78, 5) is 11.2. The van der Waals surface area contributed by atoms with Gasteiger partial charge in [0, 0.05) is 54.3 Å². The highest BCUT2D eigenvalue weighted by atomic mass is 15.2. The minimum absolute atomic E-state index is 0.643. The summed E-state index contributed by atoms with van der Waals surface area (Å²) in [5, 5.41) is 15.6. The maximum absolute atomic E-state index is 5.63. The van der Waals surface area contributed by atoms with Crippen molar-refractivity contribution in [3.63, 3.8) is 0 Å². The summed E-state index contributed by atoms with van der Waals surface area (Å²) >= 11 is 0. The van der Waals surface area contributed by atoms with Gasteiger partial charge < -0.3 is 4.57 Å². The predicted molar refractivity (Wildman–Crippen MR) is 244 cm³/mol. The van der Waals surface area contributed by atoms with E-state index in [-0.39, 0.29) is 0 Å². The summed E-state index contributed by atoms with van der Waals surface area (Å²) in [5.74, 6) is 0.643. The van der Waals surface area contributed by atoms with E-state index in [0.29, 0.717) is 5.95 Å². The van der Waals surface area contributed by atoms with Crippen molar-refractivity contribution in [2.45, 2.75) is 0 Å². The van der Waals surface area contributed by atoms with Crippen LogP contribution in [-0.4, -0.2) is 19.1 Å². The number of rotatable bonds is 3. The number of hydrogen-bond acceptors (Lipinski definition) is 2. The first-order chi connectivity index (χ1) is 28.8. The summed E-state index contributed by atoms with van der Waals surface area (Å²) in [6, 6.07) is 69.9. The van der Waals surface area contributed by atoms with Crippen LogP contribution >= 0.6 is 0 Å². The van der Waals surface area contributed by atoms with Gasteiger partial charge in [0.15, 0.2) is 0 Å².